The van der Waals surface area contributed by atoms with E-state index in [1.54, 1.807) is 0 Å². The lowest BCUT2D eigenvalue weighted by atomic mass is 10.1. The average Bonchev–Trinajstić information content (AvgIpc) is 2.70. The molecule has 0 aliphatic carbocycles. The normalized spacial score (nSPS) is 11.5. The molecule has 0 bridgehead atoms. The molecule has 11 heteroatoms. The van der Waals surface area contributed by atoms with Gasteiger partial charge in [-0.05, 0) is 24.1 Å². The van der Waals surface area contributed by atoms with E-state index in [1.165, 1.54) is 12.4 Å². The number of aromatic nitrogens is 2. The number of rotatable bonds is 8. The average molecular weight is 460 g/mol. The van der Waals surface area contributed by atoms with Crippen molar-refractivity contribution in [3.8, 4) is 22.9 Å². The van der Waals surface area contributed by atoms with Crippen LogP contribution in [0, 0.1) is 23.3 Å². The summed E-state index contributed by atoms with van der Waals surface area (Å²) >= 11 is 0. The summed E-state index contributed by atoms with van der Waals surface area (Å²) in [6.07, 6.45) is -0.234. The van der Waals surface area contributed by atoms with Crippen molar-refractivity contribution in [2.45, 2.75) is 25.9 Å². The van der Waals surface area contributed by atoms with Crippen LogP contribution in [0.5, 0.6) is 11.5 Å². The fraction of sp³-hybridized carbons (Fsp3) is 0.238. The zero-order chi connectivity index (χ0) is 23.5. The van der Waals surface area contributed by atoms with Gasteiger partial charge in [-0.25, -0.2) is 31.9 Å². The van der Waals surface area contributed by atoms with E-state index >= 15 is 0 Å². The molecule has 0 unspecified atom stereocenters. The number of hydrogen-bond acceptors (Lipinski definition) is 4. The molecule has 1 aromatic heterocycles. The molecule has 170 valence electrons. The van der Waals surface area contributed by atoms with Crippen LogP contribution in [0.15, 0.2) is 36.7 Å². The van der Waals surface area contributed by atoms with Gasteiger partial charge in [0.05, 0.1) is 0 Å². The Morgan fingerprint density at radius 1 is 0.875 bits per heavy atom. The second-order valence-electron chi connectivity index (χ2n) is 6.57. The highest BCUT2D eigenvalue weighted by molar-refractivity contribution is 5.56. The Labute approximate surface area is 177 Å². The molecule has 0 N–H and O–H groups in total. The van der Waals surface area contributed by atoms with Crippen LogP contribution in [0.25, 0.3) is 11.4 Å². The molecule has 0 amide bonds. The van der Waals surface area contributed by atoms with Gasteiger partial charge in [-0.2, -0.15) is 8.78 Å². The Morgan fingerprint density at radius 2 is 1.44 bits per heavy atom. The molecule has 1 heterocycles. The SMILES string of the molecule is CCCc1cnc(-c2cc(F)c(C(F)(F)Oc3cc(F)c(OCF)c(F)c3)c(F)c2)nc1. The van der Waals surface area contributed by atoms with Gasteiger partial charge < -0.3 is 9.47 Å². The van der Waals surface area contributed by atoms with Crippen molar-refractivity contribution < 1.29 is 40.2 Å². The third-order valence-corrected chi connectivity index (χ3v) is 4.25. The van der Waals surface area contributed by atoms with Crippen molar-refractivity contribution in [1.29, 1.82) is 0 Å². The number of alkyl halides is 3. The number of halogens is 7. The summed E-state index contributed by atoms with van der Waals surface area (Å²) in [6.45, 7) is 0.368. The molecule has 3 rings (SSSR count). The molecular formula is C21H15F7N2O2. The van der Waals surface area contributed by atoms with Crippen molar-refractivity contribution in [3.05, 3.63) is 71.1 Å². The summed E-state index contributed by atoms with van der Waals surface area (Å²) < 4.78 is 106. The van der Waals surface area contributed by atoms with Crippen molar-refractivity contribution in [3.63, 3.8) is 0 Å². The Morgan fingerprint density at radius 3 is 1.94 bits per heavy atom. The topological polar surface area (TPSA) is 44.2 Å². The Balaban J connectivity index is 1.91. The molecule has 2 aromatic carbocycles. The highest BCUT2D eigenvalue weighted by Crippen LogP contribution is 2.38. The van der Waals surface area contributed by atoms with Crippen LogP contribution >= 0.6 is 0 Å². The summed E-state index contributed by atoms with van der Waals surface area (Å²) in [5, 5.41) is 0. The third-order valence-electron chi connectivity index (χ3n) is 4.25. The predicted molar refractivity (Wildman–Crippen MR) is 98.9 cm³/mol. The van der Waals surface area contributed by atoms with Gasteiger partial charge >= 0.3 is 6.11 Å². The van der Waals surface area contributed by atoms with E-state index in [0.29, 0.717) is 18.6 Å². The maximum Gasteiger partial charge on any atom is 0.432 e. The molecule has 0 fully saturated rings. The molecule has 0 aliphatic rings. The van der Waals surface area contributed by atoms with E-state index in [9.17, 15) is 30.7 Å². The number of benzene rings is 2. The standard InChI is InChI=1S/C21H15F7N2O2/c1-2-3-11-8-29-20(30-9-11)12-4-14(23)18(15(24)5-12)21(27,28)32-13-6-16(25)19(31-10-22)17(26)7-13/h4-9H,2-3,10H2,1H3. The van der Waals surface area contributed by atoms with Crippen LogP contribution in [0.3, 0.4) is 0 Å². The molecule has 0 atom stereocenters. The van der Waals surface area contributed by atoms with Crippen molar-refractivity contribution in [1.82, 2.24) is 9.97 Å². The molecule has 4 nitrogen and oxygen atoms in total. The van der Waals surface area contributed by atoms with E-state index in [2.05, 4.69) is 19.4 Å². The lowest BCUT2D eigenvalue weighted by Gasteiger charge is -2.20. The lowest BCUT2D eigenvalue weighted by Crippen LogP contribution is -2.25. The molecule has 3 aromatic rings. The molecule has 0 radical (unpaired) electrons. The van der Waals surface area contributed by atoms with Gasteiger partial charge in [-0.3, -0.25) is 0 Å². The second-order valence-corrected chi connectivity index (χ2v) is 6.57. The maximum absolute atomic E-state index is 14.5. The molecule has 0 saturated carbocycles. The molecular weight excluding hydrogens is 445 g/mol. The van der Waals surface area contributed by atoms with Gasteiger partial charge in [-0.15, -0.1) is 0 Å². The second kappa shape index (κ2) is 9.41. The summed E-state index contributed by atoms with van der Waals surface area (Å²) in [5.41, 5.74) is -1.20. The van der Waals surface area contributed by atoms with Crippen LogP contribution in [0.4, 0.5) is 30.7 Å². The highest BCUT2D eigenvalue weighted by atomic mass is 19.3. The van der Waals surface area contributed by atoms with E-state index in [0.717, 1.165) is 12.0 Å². The molecule has 0 saturated heterocycles. The van der Waals surface area contributed by atoms with Crippen molar-refractivity contribution >= 4 is 0 Å². The smallest absolute Gasteiger partial charge is 0.432 e. The summed E-state index contributed by atoms with van der Waals surface area (Å²) in [6, 6.07) is 1.70. The van der Waals surface area contributed by atoms with E-state index in [4.69, 9.17) is 0 Å². The van der Waals surface area contributed by atoms with E-state index in [-0.39, 0.29) is 23.5 Å². The van der Waals surface area contributed by atoms with Gasteiger partial charge in [0, 0.05) is 30.1 Å². The largest absolute Gasteiger partial charge is 0.457 e. The first-order valence-corrected chi connectivity index (χ1v) is 9.21. The number of nitrogens with zero attached hydrogens (tertiary/aromatic N) is 2. The van der Waals surface area contributed by atoms with Crippen LogP contribution in [-0.2, 0) is 12.5 Å². The highest BCUT2D eigenvalue weighted by Gasteiger charge is 2.41. The minimum Gasteiger partial charge on any atom is -0.457 e. The van der Waals surface area contributed by atoms with Gasteiger partial charge in [0.25, 0.3) is 0 Å². The lowest BCUT2D eigenvalue weighted by molar-refractivity contribution is -0.189. The first kappa shape index (κ1) is 23.3. The first-order valence-electron chi connectivity index (χ1n) is 9.21. The van der Waals surface area contributed by atoms with Crippen LogP contribution in [0.1, 0.15) is 24.5 Å². The molecule has 32 heavy (non-hydrogen) atoms. The zero-order valence-electron chi connectivity index (χ0n) is 16.4. The number of aryl methyl sites for hydroxylation is 1. The monoisotopic (exact) mass is 460 g/mol. The molecule has 0 aliphatic heterocycles. The zero-order valence-corrected chi connectivity index (χ0v) is 16.4. The predicted octanol–water partition coefficient (Wildman–Crippen LogP) is 6.09. The number of hydrogen-bond donors (Lipinski definition) is 0. The van der Waals surface area contributed by atoms with Crippen molar-refractivity contribution in [2.75, 3.05) is 6.86 Å². The van der Waals surface area contributed by atoms with Crippen LogP contribution in [-0.4, -0.2) is 16.8 Å². The Hall–Kier alpha value is -3.37. The minimum absolute atomic E-state index is 0.0916. The van der Waals surface area contributed by atoms with Crippen molar-refractivity contribution in [2.24, 2.45) is 0 Å². The third kappa shape index (κ3) is 4.92. The summed E-state index contributed by atoms with van der Waals surface area (Å²) in [4.78, 5) is 7.93. The summed E-state index contributed by atoms with van der Waals surface area (Å²) in [5.74, 6) is -8.83. The number of ether oxygens (including phenoxy) is 2. The first-order chi connectivity index (χ1) is 15.2. The van der Waals surface area contributed by atoms with Crippen LogP contribution < -0.4 is 9.47 Å². The van der Waals surface area contributed by atoms with Crippen LogP contribution in [0.2, 0.25) is 0 Å². The quantitative estimate of drug-likeness (QED) is 0.382. The summed E-state index contributed by atoms with van der Waals surface area (Å²) in [7, 11) is 0. The minimum atomic E-state index is -4.65. The van der Waals surface area contributed by atoms with E-state index < -0.39 is 53.3 Å². The Bertz CT molecular complexity index is 1060. The van der Waals surface area contributed by atoms with Gasteiger partial charge in [0.1, 0.15) is 22.9 Å². The molecule has 0 spiro atoms. The fourth-order valence-electron chi connectivity index (χ4n) is 2.89. The Kier molecular flexibility index (Phi) is 6.85. The van der Waals surface area contributed by atoms with Gasteiger partial charge in [0.2, 0.25) is 6.86 Å². The van der Waals surface area contributed by atoms with E-state index in [1.807, 2.05) is 6.92 Å². The van der Waals surface area contributed by atoms with Gasteiger partial charge in [-0.1, -0.05) is 13.3 Å². The maximum atomic E-state index is 14.5. The van der Waals surface area contributed by atoms with Gasteiger partial charge in [0.15, 0.2) is 23.2 Å². The fourth-order valence-corrected chi connectivity index (χ4v) is 2.89.